The molecule has 0 amide bonds. The number of rotatable bonds is 6. The van der Waals surface area contributed by atoms with E-state index in [2.05, 4.69) is 94.8 Å². The van der Waals surface area contributed by atoms with Crippen LogP contribution in [0.15, 0.2) is 72.8 Å². The summed E-state index contributed by atoms with van der Waals surface area (Å²) >= 11 is 0. The Morgan fingerprint density at radius 3 is 1.33 bits per heavy atom. The highest BCUT2D eigenvalue weighted by atomic mass is 15.3. The summed E-state index contributed by atoms with van der Waals surface area (Å²) in [5.41, 5.74) is 2.56. The molecule has 1 saturated heterocycles. The second-order valence-electron chi connectivity index (χ2n) is 6.23. The van der Waals surface area contributed by atoms with Gasteiger partial charge in [-0.3, -0.25) is 9.80 Å². The van der Waals surface area contributed by atoms with Crippen LogP contribution in [0.25, 0.3) is 12.2 Å². The molecule has 0 unspecified atom stereocenters. The molecule has 2 aromatic carbocycles. The van der Waals surface area contributed by atoms with Crippen molar-refractivity contribution in [3.05, 3.63) is 83.9 Å². The molecule has 1 aliphatic heterocycles. The average Bonchev–Trinajstić information content (AvgIpc) is 2.65. The maximum absolute atomic E-state index is 2.52. The first-order valence-corrected chi connectivity index (χ1v) is 8.78. The van der Waals surface area contributed by atoms with Crippen molar-refractivity contribution in [2.75, 3.05) is 39.3 Å². The average molecular weight is 318 g/mol. The SMILES string of the molecule is C(=C\c1ccccc1)/CN1CCN(C/C=C/c2ccccc2)CC1. The monoisotopic (exact) mass is 318 g/mol. The quantitative estimate of drug-likeness (QED) is 0.793. The topological polar surface area (TPSA) is 6.48 Å². The molecule has 1 heterocycles. The molecule has 2 aromatic rings. The Balaban J connectivity index is 1.36. The molecular weight excluding hydrogens is 292 g/mol. The van der Waals surface area contributed by atoms with E-state index in [4.69, 9.17) is 0 Å². The molecule has 0 aromatic heterocycles. The van der Waals surface area contributed by atoms with Gasteiger partial charge in [-0.1, -0.05) is 85.0 Å². The molecule has 0 bridgehead atoms. The molecule has 124 valence electrons. The molecule has 1 fully saturated rings. The number of piperazine rings is 1. The van der Waals surface area contributed by atoms with E-state index in [-0.39, 0.29) is 0 Å². The third-order valence-electron chi connectivity index (χ3n) is 4.41. The second-order valence-corrected chi connectivity index (χ2v) is 6.23. The standard InChI is InChI=1S/C22H26N2/c1-3-9-21(10-4-1)13-7-15-23-17-19-24(20-18-23)16-8-14-22-11-5-2-6-12-22/h1-14H,15-20H2/b13-7+,14-8+. The number of hydrogen-bond acceptors (Lipinski definition) is 2. The first kappa shape index (κ1) is 16.7. The minimum absolute atomic E-state index is 1.04. The van der Waals surface area contributed by atoms with Gasteiger partial charge in [-0.25, -0.2) is 0 Å². The van der Waals surface area contributed by atoms with Crippen LogP contribution in [0.3, 0.4) is 0 Å². The smallest absolute Gasteiger partial charge is 0.0167 e. The van der Waals surface area contributed by atoms with Gasteiger partial charge in [0.15, 0.2) is 0 Å². The van der Waals surface area contributed by atoms with Crippen molar-refractivity contribution < 1.29 is 0 Å². The van der Waals surface area contributed by atoms with Gasteiger partial charge < -0.3 is 0 Å². The third-order valence-corrected chi connectivity index (χ3v) is 4.41. The number of nitrogens with zero attached hydrogens (tertiary/aromatic N) is 2. The van der Waals surface area contributed by atoms with Crippen molar-refractivity contribution >= 4 is 12.2 Å². The molecule has 0 saturated carbocycles. The molecule has 3 rings (SSSR count). The molecule has 0 aliphatic carbocycles. The van der Waals surface area contributed by atoms with E-state index in [9.17, 15) is 0 Å². The zero-order chi connectivity index (χ0) is 16.5. The molecule has 0 radical (unpaired) electrons. The van der Waals surface area contributed by atoms with E-state index >= 15 is 0 Å². The van der Waals surface area contributed by atoms with E-state index in [0.717, 1.165) is 39.3 Å². The number of hydrogen-bond donors (Lipinski definition) is 0. The van der Waals surface area contributed by atoms with Crippen LogP contribution in [0.4, 0.5) is 0 Å². The minimum Gasteiger partial charge on any atom is -0.297 e. The molecule has 2 nitrogen and oxygen atoms in total. The maximum atomic E-state index is 2.52. The lowest BCUT2D eigenvalue weighted by molar-refractivity contribution is 0.154. The summed E-state index contributed by atoms with van der Waals surface area (Å²) in [6, 6.07) is 21.0. The molecule has 0 N–H and O–H groups in total. The Hall–Kier alpha value is -2.16. The van der Waals surface area contributed by atoms with E-state index < -0.39 is 0 Å². The summed E-state index contributed by atoms with van der Waals surface area (Å²) < 4.78 is 0. The van der Waals surface area contributed by atoms with Gasteiger partial charge in [0, 0.05) is 39.3 Å². The Morgan fingerprint density at radius 2 is 0.958 bits per heavy atom. The predicted octanol–water partition coefficient (Wildman–Crippen LogP) is 4.03. The Bertz CT molecular complexity index is 579. The van der Waals surface area contributed by atoms with Crippen LogP contribution in [-0.2, 0) is 0 Å². The predicted molar refractivity (Wildman–Crippen MR) is 104 cm³/mol. The van der Waals surface area contributed by atoms with Gasteiger partial charge in [-0.05, 0) is 11.1 Å². The molecule has 0 spiro atoms. The third kappa shape index (κ3) is 5.48. The molecule has 2 heteroatoms. The van der Waals surface area contributed by atoms with E-state index in [1.807, 2.05) is 0 Å². The highest BCUT2D eigenvalue weighted by Crippen LogP contribution is 2.06. The van der Waals surface area contributed by atoms with E-state index in [1.165, 1.54) is 11.1 Å². The molecular formula is C22H26N2. The maximum Gasteiger partial charge on any atom is 0.0167 e. The Morgan fingerprint density at radius 1 is 0.583 bits per heavy atom. The zero-order valence-electron chi connectivity index (χ0n) is 14.2. The first-order valence-electron chi connectivity index (χ1n) is 8.78. The summed E-state index contributed by atoms with van der Waals surface area (Å²) in [6.45, 7) is 6.69. The summed E-state index contributed by atoms with van der Waals surface area (Å²) in [5, 5.41) is 0. The van der Waals surface area contributed by atoms with Crippen molar-refractivity contribution in [1.82, 2.24) is 9.80 Å². The second kappa shape index (κ2) is 9.21. The van der Waals surface area contributed by atoms with E-state index in [0.29, 0.717) is 0 Å². The normalized spacial score (nSPS) is 17.0. The van der Waals surface area contributed by atoms with Crippen LogP contribution in [0, 0.1) is 0 Å². The fourth-order valence-electron chi connectivity index (χ4n) is 2.96. The summed E-state index contributed by atoms with van der Waals surface area (Å²) in [7, 11) is 0. The van der Waals surface area contributed by atoms with Crippen LogP contribution in [0.1, 0.15) is 11.1 Å². The first-order chi connectivity index (χ1) is 11.9. The van der Waals surface area contributed by atoms with Gasteiger partial charge in [0.2, 0.25) is 0 Å². The van der Waals surface area contributed by atoms with E-state index in [1.54, 1.807) is 0 Å². The van der Waals surface area contributed by atoms with Gasteiger partial charge in [0.05, 0.1) is 0 Å². The molecule has 1 aliphatic rings. The van der Waals surface area contributed by atoms with Gasteiger partial charge in [0.1, 0.15) is 0 Å². The van der Waals surface area contributed by atoms with Gasteiger partial charge in [0.25, 0.3) is 0 Å². The van der Waals surface area contributed by atoms with Gasteiger partial charge in [-0.15, -0.1) is 0 Å². The summed E-state index contributed by atoms with van der Waals surface area (Å²) in [4.78, 5) is 5.05. The highest BCUT2D eigenvalue weighted by molar-refractivity contribution is 5.49. The number of benzene rings is 2. The van der Waals surface area contributed by atoms with Crippen LogP contribution < -0.4 is 0 Å². The largest absolute Gasteiger partial charge is 0.297 e. The van der Waals surface area contributed by atoms with Crippen molar-refractivity contribution in [2.45, 2.75) is 0 Å². The Labute approximate surface area is 145 Å². The molecule has 0 atom stereocenters. The summed E-state index contributed by atoms with van der Waals surface area (Å²) in [6.07, 6.45) is 8.99. The Kier molecular flexibility index (Phi) is 6.41. The lowest BCUT2D eigenvalue weighted by Gasteiger charge is -2.33. The van der Waals surface area contributed by atoms with Crippen LogP contribution in [0.2, 0.25) is 0 Å². The van der Waals surface area contributed by atoms with Gasteiger partial charge >= 0.3 is 0 Å². The summed E-state index contributed by atoms with van der Waals surface area (Å²) in [5.74, 6) is 0. The van der Waals surface area contributed by atoms with Crippen LogP contribution in [0.5, 0.6) is 0 Å². The van der Waals surface area contributed by atoms with Crippen molar-refractivity contribution in [2.24, 2.45) is 0 Å². The lowest BCUT2D eigenvalue weighted by atomic mass is 10.2. The van der Waals surface area contributed by atoms with Crippen LogP contribution >= 0.6 is 0 Å². The highest BCUT2D eigenvalue weighted by Gasteiger charge is 2.14. The fraction of sp³-hybridized carbons (Fsp3) is 0.273. The van der Waals surface area contributed by atoms with Gasteiger partial charge in [-0.2, -0.15) is 0 Å². The lowest BCUT2D eigenvalue weighted by Crippen LogP contribution is -2.46. The van der Waals surface area contributed by atoms with Crippen molar-refractivity contribution in [1.29, 1.82) is 0 Å². The minimum atomic E-state index is 1.04. The van der Waals surface area contributed by atoms with Crippen molar-refractivity contribution in [3.8, 4) is 0 Å². The fourth-order valence-corrected chi connectivity index (χ4v) is 2.96. The zero-order valence-corrected chi connectivity index (χ0v) is 14.2. The molecule has 24 heavy (non-hydrogen) atoms. The van der Waals surface area contributed by atoms with Crippen molar-refractivity contribution in [3.63, 3.8) is 0 Å². The van der Waals surface area contributed by atoms with Crippen LogP contribution in [-0.4, -0.2) is 49.1 Å².